The van der Waals surface area contributed by atoms with Crippen LogP contribution in [0.15, 0.2) is 48.5 Å². The van der Waals surface area contributed by atoms with Crippen LogP contribution in [0, 0.1) is 6.92 Å². The molecule has 0 unspecified atom stereocenters. The first-order valence-corrected chi connectivity index (χ1v) is 8.40. The topological polar surface area (TPSA) is 103 Å². The van der Waals surface area contributed by atoms with Gasteiger partial charge in [0.05, 0.1) is 11.1 Å². The molecule has 0 radical (unpaired) electrons. The highest BCUT2D eigenvalue weighted by atomic mass is 19.4. The molecule has 0 atom stereocenters. The zero-order valence-electron chi connectivity index (χ0n) is 15.2. The fourth-order valence-electron chi connectivity index (χ4n) is 2.40. The third-order valence-corrected chi connectivity index (χ3v) is 3.87. The Hall–Kier alpha value is -3.69. The lowest BCUT2D eigenvalue weighted by atomic mass is 10.1. The number of nitrogen functional groups attached to an aromatic ring is 1. The van der Waals surface area contributed by atoms with Gasteiger partial charge in [0.15, 0.2) is 12.4 Å². The number of nitrogens with two attached hydrogens (primary N) is 1. The lowest BCUT2D eigenvalue weighted by molar-refractivity contribution is -0.137. The number of ether oxygens (including phenoxy) is 1. The van der Waals surface area contributed by atoms with Gasteiger partial charge in [-0.05, 0) is 42.8 Å². The Morgan fingerprint density at radius 1 is 1.07 bits per heavy atom. The summed E-state index contributed by atoms with van der Waals surface area (Å²) in [5, 5.41) is 3.00. The molecule has 2 aromatic carbocycles. The summed E-state index contributed by atoms with van der Waals surface area (Å²) in [6.07, 6.45) is -4.48. The van der Waals surface area contributed by atoms with Crippen LogP contribution < -0.4 is 11.1 Å². The van der Waals surface area contributed by atoms with Crippen molar-refractivity contribution in [3.8, 4) is 0 Å². The van der Waals surface area contributed by atoms with Crippen LogP contribution in [0.25, 0.3) is 0 Å². The number of esters is 1. The molecular weight excluding hydrogens is 387 g/mol. The van der Waals surface area contributed by atoms with Crippen LogP contribution in [-0.4, -0.2) is 20.9 Å². The zero-order chi connectivity index (χ0) is 21.0. The van der Waals surface area contributed by atoms with Gasteiger partial charge in [0, 0.05) is 5.69 Å². The number of halogens is 3. The Labute approximate surface area is 163 Å². The summed E-state index contributed by atoms with van der Waals surface area (Å²) in [4.78, 5) is 24.1. The average Bonchev–Trinajstić information content (AvgIpc) is 2.67. The molecule has 0 bridgehead atoms. The molecule has 7 nitrogen and oxygen atoms in total. The Morgan fingerprint density at radius 3 is 2.41 bits per heavy atom. The van der Waals surface area contributed by atoms with Crippen LogP contribution in [0.5, 0.6) is 0 Å². The highest BCUT2D eigenvalue weighted by Gasteiger charge is 2.30. The van der Waals surface area contributed by atoms with Gasteiger partial charge in [-0.3, -0.25) is 0 Å². The molecule has 0 aliphatic carbocycles. The van der Waals surface area contributed by atoms with E-state index in [1.807, 2.05) is 31.2 Å². The van der Waals surface area contributed by atoms with Crippen molar-refractivity contribution in [3.05, 3.63) is 71.0 Å². The number of nitrogens with zero attached hydrogens (tertiary/aromatic N) is 3. The molecule has 0 saturated carbocycles. The fourth-order valence-corrected chi connectivity index (χ4v) is 2.40. The zero-order valence-corrected chi connectivity index (χ0v) is 15.2. The number of hydrogen-bond acceptors (Lipinski definition) is 7. The molecule has 0 saturated heterocycles. The van der Waals surface area contributed by atoms with Crippen molar-refractivity contribution in [3.63, 3.8) is 0 Å². The Morgan fingerprint density at radius 2 is 1.76 bits per heavy atom. The van der Waals surface area contributed by atoms with Gasteiger partial charge in [-0.25, -0.2) is 4.79 Å². The molecule has 0 aliphatic heterocycles. The summed E-state index contributed by atoms with van der Waals surface area (Å²) in [5.41, 5.74) is 6.52. The number of para-hydroxylation sites is 1. The molecule has 1 heterocycles. The number of alkyl halides is 3. The molecule has 1 aromatic heterocycles. The minimum atomic E-state index is -4.48. The summed E-state index contributed by atoms with van der Waals surface area (Å²) in [7, 11) is 0. The van der Waals surface area contributed by atoms with Crippen LogP contribution in [-0.2, 0) is 17.5 Å². The van der Waals surface area contributed by atoms with E-state index < -0.39 is 17.7 Å². The highest BCUT2D eigenvalue weighted by molar-refractivity contribution is 5.89. The molecule has 0 spiro atoms. The monoisotopic (exact) mass is 403 g/mol. The lowest BCUT2D eigenvalue weighted by Gasteiger charge is -2.10. The van der Waals surface area contributed by atoms with Gasteiger partial charge in [0.1, 0.15) is 0 Å². The maximum atomic E-state index is 12.6. The van der Waals surface area contributed by atoms with Crippen molar-refractivity contribution in [2.24, 2.45) is 0 Å². The van der Waals surface area contributed by atoms with Crippen molar-refractivity contribution in [2.45, 2.75) is 19.7 Å². The average molecular weight is 403 g/mol. The largest absolute Gasteiger partial charge is 0.454 e. The van der Waals surface area contributed by atoms with Crippen molar-refractivity contribution in [1.29, 1.82) is 0 Å². The summed E-state index contributed by atoms with van der Waals surface area (Å²) in [5.74, 6) is -0.621. The predicted molar refractivity (Wildman–Crippen MR) is 99.3 cm³/mol. The summed E-state index contributed by atoms with van der Waals surface area (Å²) >= 11 is 0. The van der Waals surface area contributed by atoms with Crippen molar-refractivity contribution in [2.75, 3.05) is 11.1 Å². The molecule has 3 aromatic rings. The van der Waals surface area contributed by atoms with E-state index in [2.05, 4.69) is 20.3 Å². The number of aromatic nitrogens is 3. The number of anilines is 3. The van der Waals surface area contributed by atoms with Crippen LogP contribution in [0.4, 0.5) is 30.8 Å². The third-order valence-electron chi connectivity index (χ3n) is 3.87. The molecule has 0 amide bonds. The summed E-state index contributed by atoms with van der Waals surface area (Å²) < 4.78 is 42.8. The second-order valence-corrected chi connectivity index (χ2v) is 6.02. The van der Waals surface area contributed by atoms with E-state index in [0.29, 0.717) is 0 Å². The fraction of sp³-hybridized carbons (Fsp3) is 0.158. The summed E-state index contributed by atoms with van der Waals surface area (Å²) in [6, 6.07) is 11.2. The maximum absolute atomic E-state index is 12.6. The van der Waals surface area contributed by atoms with Crippen molar-refractivity contribution >= 4 is 23.6 Å². The van der Waals surface area contributed by atoms with Gasteiger partial charge in [-0.1, -0.05) is 18.2 Å². The van der Waals surface area contributed by atoms with Crippen molar-refractivity contribution < 1.29 is 22.7 Å². The number of carbonyl (C=O) groups is 1. The van der Waals surface area contributed by atoms with E-state index in [-0.39, 0.29) is 29.9 Å². The smallest absolute Gasteiger partial charge is 0.416 e. The van der Waals surface area contributed by atoms with Crippen LogP contribution >= 0.6 is 0 Å². The van der Waals surface area contributed by atoms with Gasteiger partial charge in [-0.2, -0.15) is 28.1 Å². The minimum Gasteiger partial charge on any atom is -0.454 e. The molecule has 3 rings (SSSR count). The molecule has 3 N–H and O–H groups in total. The molecular formula is C19H16F3N5O2. The van der Waals surface area contributed by atoms with E-state index in [4.69, 9.17) is 10.5 Å². The van der Waals surface area contributed by atoms with Gasteiger partial charge in [0.25, 0.3) is 0 Å². The molecule has 10 heteroatoms. The highest BCUT2D eigenvalue weighted by Crippen LogP contribution is 2.29. The maximum Gasteiger partial charge on any atom is 0.416 e. The van der Waals surface area contributed by atoms with Gasteiger partial charge in [0.2, 0.25) is 11.9 Å². The van der Waals surface area contributed by atoms with E-state index in [1.165, 1.54) is 0 Å². The van der Waals surface area contributed by atoms with E-state index in [1.54, 1.807) is 0 Å². The first-order chi connectivity index (χ1) is 13.7. The predicted octanol–water partition coefficient (Wildman–Crippen LogP) is 3.88. The van der Waals surface area contributed by atoms with E-state index >= 15 is 0 Å². The molecule has 0 fully saturated rings. The lowest BCUT2D eigenvalue weighted by Crippen LogP contribution is -2.12. The van der Waals surface area contributed by atoms with Crippen molar-refractivity contribution in [1.82, 2.24) is 15.0 Å². The quantitative estimate of drug-likeness (QED) is 0.623. The summed E-state index contributed by atoms with van der Waals surface area (Å²) in [6.45, 7) is 1.58. The van der Waals surface area contributed by atoms with Crippen LogP contribution in [0.3, 0.4) is 0 Å². The SMILES string of the molecule is Cc1ccccc1Nc1nc(N)nc(COC(=O)c2ccc(C(F)(F)F)cc2)n1. The van der Waals surface area contributed by atoms with Crippen LogP contribution in [0.2, 0.25) is 0 Å². The molecule has 29 heavy (non-hydrogen) atoms. The van der Waals surface area contributed by atoms with Gasteiger partial charge < -0.3 is 15.8 Å². The van der Waals surface area contributed by atoms with Gasteiger partial charge in [-0.15, -0.1) is 0 Å². The normalized spacial score (nSPS) is 11.2. The Bertz CT molecular complexity index is 1020. The van der Waals surface area contributed by atoms with E-state index in [9.17, 15) is 18.0 Å². The first kappa shape index (κ1) is 20.1. The third kappa shape index (κ3) is 5.18. The molecule has 0 aliphatic rings. The van der Waals surface area contributed by atoms with E-state index in [0.717, 1.165) is 35.5 Å². The number of rotatable bonds is 5. The number of benzene rings is 2. The second kappa shape index (κ2) is 8.13. The molecule has 150 valence electrons. The standard InChI is InChI=1S/C19H16F3N5O2/c1-11-4-2-3-5-14(11)24-18-26-15(25-17(23)27-18)10-29-16(28)12-6-8-13(9-7-12)19(20,21)22/h2-9H,10H2,1H3,(H3,23,24,25,26,27). The Balaban J connectivity index is 1.68. The number of nitrogens with one attached hydrogen (secondary N) is 1. The first-order valence-electron chi connectivity index (χ1n) is 8.40. The van der Waals surface area contributed by atoms with Crippen LogP contribution in [0.1, 0.15) is 27.3 Å². The Kier molecular flexibility index (Phi) is 5.62. The number of aryl methyl sites for hydroxylation is 1. The number of hydrogen-bond donors (Lipinski definition) is 2. The van der Waals surface area contributed by atoms with Gasteiger partial charge >= 0.3 is 12.1 Å². The number of carbonyl (C=O) groups excluding carboxylic acids is 1. The minimum absolute atomic E-state index is 0.0294. The second-order valence-electron chi connectivity index (χ2n) is 6.02.